The molecule has 0 aromatic heterocycles. The lowest BCUT2D eigenvalue weighted by Gasteiger charge is -2.05. The van der Waals surface area contributed by atoms with Crippen LogP contribution in [0.3, 0.4) is 0 Å². The van der Waals surface area contributed by atoms with Gasteiger partial charge in [-0.25, -0.2) is 0 Å². The lowest BCUT2D eigenvalue weighted by Crippen LogP contribution is -2.14. The van der Waals surface area contributed by atoms with Gasteiger partial charge in [-0.05, 0) is 12.6 Å². The molecule has 0 saturated carbocycles. The summed E-state index contributed by atoms with van der Waals surface area (Å²) in [5, 5.41) is 3.00. The average molecular weight is 159 g/mol. The monoisotopic (exact) mass is 159 g/mol. The van der Waals surface area contributed by atoms with E-state index in [2.05, 4.69) is 11.9 Å². The zero-order valence-electron chi connectivity index (χ0n) is 7.35. The quantitative estimate of drug-likeness (QED) is 0.431. The van der Waals surface area contributed by atoms with Gasteiger partial charge in [0, 0.05) is 13.7 Å². The summed E-state index contributed by atoms with van der Waals surface area (Å²) >= 11 is 0. The Labute approximate surface area is 68.4 Å². The summed E-state index contributed by atoms with van der Waals surface area (Å²) in [5.41, 5.74) is 1.06. The molecule has 1 N–H and O–H groups in total. The van der Waals surface area contributed by atoms with Crippen LogP contribution in [0.5, 0.6) is 0 Å². The van der Waals surface area contributed by atoms with Crippen molar-refractivity contribution in [1.82, 2.24) is 5.32 Å². The van der Waals surface area contributed by atoms with Crippen LogP contribution in [0.25, 0.3) is 0 Å². The number of hydrogen-bond donors (Lipinski definition) is 1. The summed E-state index contributed by atoms with van der Waals surface area (Å²) in [6.45, 7) is 6.53. The van der Waals surface area contributed by atoms with E-state index in [1.54, 1.807) is 7.11 Å². The third-order valence-electron chi connectivity index (χ3n) is 1.16. The molecule has 0 heterocycles. The Kier molecular flexibility index (Phi) is 7.46. The van der Waals surface area contributed by atoms with E-state index in [0.29, 0.717) is 19.8 Å². The molecule has 66 valence electrons. The maximum absolute atomic E-state index is 5.22. The molecule has 0 atom stereocenters. The Morgan fingerprint density at radius 3 is 2.73 bits per heavy atom. The van der Waals surface area contributed by atoms with E-state index in [-0.39, 0.29) is 0 Å². The highest BCUT2D eigenvalue weighted by molar-refractivity contribution is 4.96. The van der Waals surface area contributed by atoms with Gasteiger partial charge in [-0.3, -0.25) is 0 Å². The van der Waals surface area contributed by atoms with Gasteiger partial charge in [-0.1, -0.05) is 6.58 Å². The van der Waals surface area contributed by atoms with E-state index in [1.807, 2.05) is 7.05 Å². The lowest BCUT2D eigenvalue weighted by molar-refractivity contribution is 0.0818. The van der Waals surface area contributed by atoms with Gasteiger partial charge in [0.15, 0.2) is 0 Å². The number of hydrogen-bond acceptors (Lipinski definition) is 3. The van der Waals surface area contributed by atoms with Crippen molar-refractivity contribution in [2.45, 2.75) is 0 Å². The summed E-state index contributed by atoms with van der Waals surface area (Å²) in [4.78, 5) is 0. The summed E-state index contributed by atoms with van der Waals surface area (Å²) in [7, 11) is 3.55. The van der Waals surface area contributed by atoms with Crippen molar-refractivity contribution >= 4 is 0 Å². The molecule has 3 nitrogen and oxygen atoms in total. The second-order valence-electron chi connectivity index (χ2n) is 2.33. The van der Waals surface area contributed by atoms with Crippen LogP contribution in [0.2, 0.25) is 0 Å². The minimum atomic E-state index is 0.615. The highest BCUT2D eigenvalue weighted by Crippen LogP contribution is 1.88. The molecule has 0 radical (unpaired) electrons. The van der Waals surface area contributed by atoms with Gasteiger partial charge in [0.2, 0.25) is 0 Å². The molecule has 0 saturated heterocycles. The molecular formula is C8H17NO2. The van der Waals surface area contributed by atoms with Crippen molar-refractivity contribution in [1.29, 1.82) is 0 Å². The molecule has 0 aliphatic heterocycles. The highest BCUT2D eigenvalue weighted by atomic mass is 16.5. The summed E-state index contributed by atoms with van der Waals surface area (Å²) in [6, 6.07) is 0. The van der Waals surface area contributed by atoms with Gasteiger partial charge in [-0.2, -0.15) is 0 Å². The summed E-state index contributed by atoms with van der Waals surface area (Å²) in [5.74, 6) is 0. The van der Waals surface area contributed by atoms with Gasteiger partial charge in [-0.15, -0.1) is 0 Å². The van der Waals surface area contributed by atoms with Gasteiger partial charge in [0.25, 0.3) is 0 Å². The molecule has 11 heavy (non-hydrogen) atoms. The first-order chi connectivity index (χ1) is 5.31. The largest absolute Gasteiger partial charge is 0.382 e. The Bertz CT molecular complexity index is 104. The van der Waals surface area contributed by atoms with E-state index in [0.717, 1.165) is 12.1 Å². The fourth-order valence-corrected chi connectivity index (χ4v) is 0.660. The molecule has 0 unspecified atom stereocenters. The summed E-state index contributed by atoms with van der Waals surface area (Å²) < 4.78 is 10.0. The van der Waals surface area contributed by atoms with E-state index in [4.69, 9.17) is 9.47 Å². The standard InChI is InChI=1S/C8H17NO2/c1-8(6-9-2)7-11-5-4-10-3/h9H,1,4-7H2,2-3H3. The maximum atomic E-state index is 5.22. The molecule has 0 bridgehead atoms. The molecule has 0 aliphatic rings. The average Bonchev–Trinajstić information content (AvgIpc) is 1.99. The summed E-state index contributed by atoms with van der Waals surface area (Å²) in [6.07, 6.45) is 0. The van der Waals surface area contributed by atoms with E-state index in [1.165, 1.54) is 0 Å². The van der Waals surface area contributed by atoms with Crippen molar-refractivity contribution in [2.75, 3.05) is 40.5 Å². The van der Waals surface area contributed by atoms with Crippen molar-refractivity contribution < 1.29 is 9.47 Å². The van der Waals surface area contributed by atoms with Gasteiger partial charge >= 0.3 is 0 Å². The molecule has 0 aromatic carbocycles. The Hall–Kier alpha value is -0.380. The van der Waals surface area contributed by atoms with E-state index >= 15 is 0 Å². The fraction of sp³-hybridized carbons (Fsp3) is 0.750. The SMILES string of the molecule is C=C(CNC)COCCOC. The normalized spacial score (nSPS) is 10.0. The van der Waals surface area contributed by atoms with Crippen molar-refractivity contribution in [3.8, 4) is 0 Å². The van der Waals surface area contributed by atoms with Crippen LogP contribution in [0, 0.1) is 0 Å². The molecular weight excluding hydrogens is 142 g/mol. The molecule has 0 rings (SSSR count). The second kappa shape index (κ2) is 7.72. The molecule has 0 fully saturated rings. The minimum Gasteiger partial charge on any atom is -0.382 e. The van der Waals surface area contributed by atoms with Crippen molar-refractivity contribution in [3.05, 3.63) is 12.2 Å². The van der Waals surface area contributed by atoms with Gasteiger partial charge in [0.1, 0.15) is 0 Å². The van der Waals surface area contributed by atoms with Crippen molar-refractivity contribution in [2.24, 2.45) is 0 Å². The number of likely N-dealkylation sites (N-methyl/N-ethyl adjacent to an activating group) is 1. The highest BCUT2D eigenvalue weighted by Gasteiger charge is 1.91. The smallest absolute Gasteiger partial charge is 0.0704 e. The predicted octanol–water partition coefficient (Wildman–Crippen LogP) is 0.425. The topological polar surface area (TPSA) is 30.5 Å². The van der Waals surface area contributed by atoms with Crippen LogP contribution in [0.4, 0.5) is 0 Å². The van der Waals surface area contributed by atoms with Crippen LogP contribution in [0.1, 0.15) is 0 Å². The number of rotatable bonds is 7. The molecule has 0 aliphatic carbocycles. The molecule has 0 spiro atoms. The fourth-order valence-electron chi connectivity index (χ4n) is 0.660. The zero-order chi connectivity index (χ0) is 8.53. The first-order valence-corrected chi connectivity index (χ1v) is 3.69. The van der Waals surface area contributed by atoms with Crippen LogP contribution < -0.4 is 5.32 Å². The first kappa shape index (κ1) is 10.6. The van der Waals surface area contributed by atoms with E-state index < -0.39 is 0 Å². The number of methoxy groups -OCH3 is 1. The van der Waals surface area contributed by atoms with E-state index in [9.17, 15) is 0 Å². The first-order valence-electron chi connectivity index (χ1n) is 3.69. The van der Waals surface area contributed by atoms with Crippen LogP contribution in [0.15, 0.2) is 12.2 Å². The number of nitrogens with one attached hydrogen (secondary N) is 1. The van der Waals surface area contributed by atoms with Gasteiger partial charge in [0.05, 0.1) is 19.8 Å². The predicted molar refractivity (Wildman–Crippen MR) is 45.8 cm³/mol. The van der Waals surface area contributed by atoms with Gasteiger partial charge < -0.3 is 14.8 Å². The zero-order valence-corrected chi connectivity index (χ0v) is 7.35. The molecule has 0 aromatic rings. The van der Waals surface area contributed by atoms with Crippen molar-refractivity contribution in [3.63, 3.8) is 0 Å². The Morgan fingerprint density at radius 1 is 1.45 bits per heavy atom. The molecule has 3 heteroatoms. The Morgan fingerprint density at radius 2 is 2.18 bits per heavy atom. The Balaban J connectivity index is 3.04. The van der Waals surface area contributed by atoms with Crippen LogP contribution in [-0.2, 0) is 9.47 Å². The van der Waals surface area contributed by atoms with Crippen LogP contribution in [-0.4, -0.2) is 40.5 Å². The second-order valence-corrected chi connectivity index (χ2v) is 2.33. The minimum absolute atomic E-state index is 0.615. The third-order valence-corrected chi connectivity index (χ3v) is 1.16. The third kappa shape index (κ3) is 7.52. The molecule has 0 amide bonds. The number of ether oxygens (including phenoxy) is 2. The maximum Gasteiger partial charge on any atom is 0.0704 e. The lowest BCUT2D eigenvalue weighted by atomic mass is 10.3. The van der Waals surface area contributed by atoms with Crippen LogP contribution >= 0.6 is 0 Å².